The number of aliphatic hydroxyl groups is 1. The maximum absolute atomic E-state index is 12.6. The number of fused-ring (bicyclic) bond motifs is 1. The molecule has 0 bridgehead atoms. The van der Waals surface area contributed by atoms with E-state index in [1.807, 2.05) is 29.2 Å². The summed E-state index contributed by atoms with van der Waals surface area (Å²) in [6.45, 7) is 5.32. The second-order valence-corrected chi connectivity index (χ2v) is 7.28. The van der Waals surface area contributed by atoms with Crippen molar-refractivity contribution in [3.63, 3.8) is 0 Å². The minimum Gasteiger partial charge on any atom is -0.392 e. The van der Waals surface area contributed by atoms with Crippen LogP contribution in [-0.4, -0.2) is 77.8 Å². The van der Waals surface area contributed by atoms with Crippen molar-refractivity contribution in [3.05, 3.63) is 24.3 Å². The van der Waals surface area contributed by atoms with Crippen LogP contribution in [-0.2, 0) is 9.59 Å². The number of nitrogens with zero attached hydrogens (tertiary/aromatic N) is 3. The van der Waals surface area contributed by atoms with Crippen molar-refractivity contribution >= 4 is 29.3 Å². The molecule has 1 N–H and O–H groups in total. The molecule has 2 amide bonds. The van der Waals surface area contributed by atoms with E-state index in [1.54, 1.807) is 11.8 Å². The lowest BCUT2D eigenvalue weighted by Crippen LogP contribution is -2.53. The summed E-state index contributed by atoms with van der Waals surface area (Å²) < 4.78 is 0. The molecule has 1 aromatic rings. The molecule has 24 heavy (non-hydrogen) atoms. The van der Waals surface area contributed by atoms with Gasteiger partial charge in [-0.1, -0.05) is 12.1 Å². The third kappa shape index (κ3) is 3.91. The van der Waals surface area contributed by atoms with Crippen LogP contribution in [0.2, 0.25) is 0 Å². The topological polar surface area (TPSA) is 64.1 Å². The van der Waals surface area contributed by atoms with Crippen LogP contribution in [0, 0.1) is 0 Å². The molecule has 0 spiro atoms. The zero-order valence-electron chi connectivity index (χ0n) is 13.9. The highest BCUT2D eigenvalue weighted by Crippen LogP contribution is 2.34. The lowest BCUT2D eigenvalue weighted by atomic mass is 10.2. The maximum atomic E-state index is 12.6. The van der Waals surface area contributed by atoms with Gasteiger partial charge < -0.3 is 14.9 Å². The van der Waals surface area contributed by atoms with Gasteiger partial charge in [0.05, 0.1) is 17.5 Å². The Morgan fingerprint density at radius 2 is 1.96 bits per heavy atom. The van der Waals surface area contributed by atoms with Crippen LogP contribution in [0.15, 0.2) is 29.2 Å². The van der Waals surface area contributed by atoms with E-state index in [4.69, 9.17) is 0 Å². The second-order valence-electron chi connectivity index (χ2n) is 6.27. The minimum atomic E-state index is -0.354. The first-order valence-corrected chi connectivity index (χ1v) is 9.23. The smallest absolute Gasteiger partial charge is 0.242 e. The van der Waals surface area contributed by atoms with Gasteiger partial charge in [0.2, 0.25) is 11.8 Å². The van der Waals surface area contributed by atoms with Gasteiger partial charge in [-0.2, -0.15) is 0 Å². The molecule has 1 atom stereocenters. The zero-order chi connectivity index (χ0) is 17.1. The number of benzene rings is 1. The predicted octanol–water partition coefficient (Wildman–Crippen LogP) is 0.650. The van der Waals surface area contributed by atoms with E-state index in [2.05, 4.69) is 4.90 Å². The van der Waals surface area contributed by atoms with Gasteiger partial charge >= 0.3 is 0 Å². The summed E-state index contributed by atoms with van der Waals surface area (Å²) in [5, 5.41) is 9.45. The molecular formula is C17H23N3O3S. The van der Waals surface area contributed by atoms with Gasteiger partial charge in [0.15, 0.2) is 0 Å². The Labute approximate surface area is 146 Å². The summed E-state index contributed by atoms with van der Waals surface area (Å²) in [5.41, 5.74) is 0.833. The number of anilines is 1. The van der Waals surface area contributed by atoms with Crippen molar-refractivity contribution in [2.24, 2.45) is 0 Å². The number of aliphatic hydroxyl groups excluding tert-OH is 1. The normalized spacial score (nSPS) is 20.0. The van der Waals surface area contributed by atoms with Crippen LogP contribution < -0.4 is 4.90 Å². The number of para-hydroxylation sites is 1. The average Bonchev–Trinajstić information content (AvgIpc) is 2.57. The summed E-state index contributed by atoms with van der Waals surface area (Å²) in [6.07, 6.45) is -0.354. The van der Waals surface area contributed by atoms with Crippen molar-refractivity contribution < 1.29 is 14.7 Å². The van der Waals surface area contributed by atoms with Crippen LogP contribution in [0.4, 0.5) is 5.69 Å². The van der Waals surface area contributed by atoms with Crippen molar-refractivity contribution in [2.45, 2.75) is 17.9 Å². The second kappa shape index (κ2) is 7.55. The summed E-state index contributed by atoms with van der Waals surface area (Å²) in [5.74, 6) is 0.355. The van der Waals surface area contributed by atoms with Gasteiger partial charge in [-0.3, -0.25) is 14.5 Å². The molecule has 0 aliphatic carbocycles. The van der Waals surface area contributed by atoms with E-state index < -0.39 is 0 Å². The Bertz CT molecular complexity index is 615. The fourth-order valence-corrected chi connectivity index (χ4v) is 4.05. The summed E-state index contributed by atoms with van der Waals surface area (Å²) >= 11 is 1.52. The molecule has 2 aliphatic heterocycles. The third-order valence-electron chi connectivity index (χ3n) is 4.35. The number of hydrogen-bond donors (Lipinski definition) is 1. The highest BCUT2D eigenvalue weighted by atomic mass is 32.2. The molecule has 0 unspecified atom stereocenters. The van der Waals surface area contributed by atoms with Crippen molar-refractivity contribution in [1.82, 2.24) is 9.80 Å². The number of hydrogen-bond acceptors (Lipinski definition) is 5. The van der Waals surface area contributed by atoms with Crippen molar-refractivity contribution in [3.8, 4) is 0 Å². The number of piperazine rings is 1. The number of rotatable bonds is 4. The van der Waals surface area contributed by atoms with Crippen molar-refractivity contribution in [1.29, 1.82) is 0 Å². The van der Waals surface area contributed by atoms with E-state index in [-0.39, 0.29) is 24.5 Å². The van der Waals surface area contributed by atoms with Gasteiger partial charge in [0.25, 0.3) is 0 Å². The van der Waals surface area contributed by atoms with E-state index >= 15 is 0 Å². The van der Waals surface area contributed by atoms with E-state index in [9.17, 15) is 14.7 Å². The lowest BCUT2D eigenvalue weighted by molar-refractivity contribution is -0.132. The first kappa shape index (κ1) is 17.3. The number of β-amino-alcohol motifs (C(OH)–C–C–N with tert-alkyl or cyclic N) is 1. The Hall–Kier alpha value is -1.57. The van der Waals surface area contributed by atoms with E-state index in [1.165, 1.54) is 11.8 Å². The number of carbonyl (C=O) groups excluding carboxylic acids is 2. The van der Waals surface area contributed by atoms with Crippen LogP contribution in [0.25, 0.3) is 0 Å². The number of carbonyl (C=O) groups is 2. The van der Waals surface area contributed by atoms with Crippen LogP contribution in [0.1, 0.15) is 6.92 Å². The largest absolute Gasteiger partial charge is 0.392 e. The Morgan fingerprint density at radius 1 is 1.25 bits per heavy atom. The molecule has 2 heterocycles. The predicted molar refractivity (Wildman–Crippen MR) is 94.2 cm³/mol. The monoisotopic (exact) mass is 349 g/mol. The third-order valence-corrected chi connectivity index (χ3v) is 5.40. The number of thioether (sulfide) groups is 1. The lowest BCUT2D eigenvalue weighted by Gasteiger charge is -2.37. The molecule has 0 saturated carbocycles. The highest BCUT2D eigenvalue weighted by molar-refractivity contribution is 8.00. The fraction of sp³-hybridized carbons (Fsp3) is 0.529. The van der Waals surface area contributed by atoms with E-state index in [0.29, 0.717) is 25.4 Å². The fourth-order valence-electron chi connectivity index (χ4n) is 3.12. The molecule has 7 heteroatoms. The zero-order valence-corrected chi connectivity index (χ0v) is 14.7. The standard InChI is InChI=1S/C17H23N3O3S/c1-13(21)10-18-6-8-19(9-7-18)16(22)11-20-14-4-2-3-5-15(14)24-12-17(20)23/h2-5,13,21H,6-12H2,1H3/t13-/m0/s1. The van der Waals surface area contributed by atoms with Gasteiger partial charge in [-0.15, -0.1) is 11.8 Å². The number of amides is 2. The van der Waals surface area contributed by atoms with Gasteiger partial charge in [-0.25, -0.2) is 0 Å². The van der Waals surface area contributed by atoms with Crippen molar-refractivity contribution in [2.75, 3.05) is 49.9 Å². The molecule has 1 fully saturated rings. The first-order valence-electron chi connectivity index (χ1n) is 8.25. The maximum Gasteiger partial charge on any atom is 0.242 e. The minimum absolute atomic E-state index is 0.0123. The SMILES string of the molecule is C[C@H](O)CN1CCN(C(=O)CN2C(=O)CSc3ccccc32)CC1. The molecule has 2 aliphatic rings. The summed E-state index contributed by atoms with van der Waals surface area (Å²) in [7, 11) is 0. The summed E-state index contributed by atoms with van der Waals surface area (Å²) in [4.78, 5) is 31.5. The molecule has 3 rings (SSSR count). The summed E-state index contributed by atoms with van der Waals surface area (Å²) in [6, 6.07) is 7.72. The molecule has 1 saturated heterocycles. The molecule has 6 nitrogen and oxygen atoms in total. The quantitative estimate of drug-likeness (QED) is 0.865. The van der Waals surface area contributed by atoms with E-state index in [0.717, 1.165) is 23.7 Å². The molecule has 0 aromatic heterocycles. The first-order chi connectivity index (χ1) is 11.5. The molecule has 130 valence electrons. The average molecular weight is 349 g/mol. The Balaban J connectivity index is 1.60. The van der Waals surface area contributed by atoms with Gasteiger partial charge in [-0.05, 0) is 19.1 Å². The van der Waals surface area contributed by atoms with Gasteiger partial charge in [0, 0.05) is 37.6 Å². The Morgan fingerprint density at radius 3 is 2.67 bits per heavy atom. The molecule has 1 aromatic carbocycles. The van der Waals surface area contributed by atoms with Crippen LogP contribution in [0.3, 0.4) is 0 Å². The van der Waals surface area contributed by atoms with Crippen LogP contribution in [0.5, 0.6) is 0 Å². The van der Waals surface area contributed by atoms with Gasteiger partial charge in [0.1, 0.15) is 6.54 Å². The highest BCUT2D eigenvalue weighted by Gasteiger charge is 2.29. The molecular weight excluding hydrogens is 326 g/mol. The molecule has 0 radical (unpaired) electrons. The Kier molecular flexibility index (Phi) is 5.43. The van der Waals surface area contributed by atoms with Crippen LogP contribution >= 0.6 is 11.8 Å².